The summed E-state index contributed by atoms with van der Waals surface area (Å²) in [5.41, 5.74) is 2.58. The number of nitrogens with one attached hydrogen (secondary N) is 2. The van der Waals surface area contributed by atoms with Crippen molar-refractivity contribution in [1.82, 2.24) is 14.7 Å². The summed E-state index contributed by atoms with van der Waals surface area (Å²) in [4.78, 5) is 11.3. The summed E-state index contributed by atoms with van der Waals surface area (Å²) in [5.74, 6) is 1.29. The topological polar surface area (TPSA) is 87.2 Å². The summed E-state index contributed by atoms with van der Waals surface area (Å²) in [6.45, 7) is 6.63. The van der Waals surface area contributed by atoms with Crippen molar-refractivity contribution in [3.05, 3.63) is 66.1 Å². The lowest BCUT2D eigenvalue weighted by molar-refractivity contribution is 0.551. The molecule has 2 aromatic carbocycles. The number of halogens is 1. The summed E-state index contributed by atoms with van der Waals surface area (Å²) in [5, 5.41) is 3.14. The molecule has 2 heterocycles. The molecule has 34 heavy (non-hydrogen) atoms. The van der Waals surface area contributed by atoms with Gasteiger partial charge in [0.1, 0.15) is 11.6 Å². The molecule has 0 bridgehead atoms. The van der Waals surface area contributed by atoms with Crippen molar-refractivity contribution in [3.63, 3.8) is 0 Å². The smallest absolute Gasteiger partial charge is 0.240 e. The first-order chi connectivity index (χ1) is 16.2. The minimum Gasteiger partial charge on any atom is -0.324 e. The molecular weight excluding hydrogens is 453 g/mol. The van der Waals surface area contributed by atoms with Crippen molar-refractivity contribution < 1.29 is 12.8 Å². The lowest BCUT2D eigenvalue weighted by Gasteiger charge is -2.36. The first-order valence-electron chi connectivity index (χ1n) is 11.5. The summed E-state index contributed by atoms with van der Waals surface area (Å²) >= 11 is 0. The molecule has 1 aromatic heterocycles. The van der Waals surface area contributed by atoms with E-state index in [4.69, 9.17) is 0 Å². The SMILES string of the molecule is CC(C)CCNS(=O)(=O)c1ccc(Nc2nccc(N3c4ccc(F)cc4CCC3C)n2)cc1. The molecule has 1 aliphatic rings. The number of aryl methyl sites for hydroxylation is 1. The van der Waals surface area contributed by atoms with Gasteiger partial charge in [-0.25, -0.2) is 22.5 Å². The van der Waals surface area contributed by atoms with E-state index >= 15 is 0 Å². The molecule has 0 radical (unpaired) electrons. The van der Waals surface area contributed by atoms with Gasteiger partial charge in [-0.05, 0) is 86.2 Å². The van der Waals surface area contributed by atoms with Crippen LogP contribution in [0.1, 0.15) is 39.2 Å². The van der Waals surface area contributed by atoms with Crippen molar-refractivity contribution in [2.24, 2.45) is 5.92 Å². The Kier molecular flexibility index (Phi) is 7.13. The van der Waals surface area contributed by atoms with Crippen molar-refractivity contribution in [3.8, 4) is 0 Å². The van der Waals surface area contributed by atoms with E-state index in [2.05, 4.69) is 45.7 Å². The lowest BCUT2D eigenvalue weighted by atomic mass is 9.96. The maximum Gasteiger partial charge on any atom is 0.240 e. The largest absolute Gasteiger partial charge is 0.324 e. The van der Waals surface area contributed by atoms with Gasteiger partial charge in [-0.1, -0.05) is 13.8 Å². The van der Waals surface area contributed by atoms with Crippen LogP contribution in [0.3, 0.4) is 0 Å². The van der Waals surface area contributed by atoms with E-state index in [1.54, 1.807) is 42.6 Å². The zero-order valence-electron chi connectivity index (χ0n) is 19.6. The zero-order valence-corrected chi connectivity index (χ0v) is 20.4. The van der Waals surface area contributed by atoms with Crippen molar-refractivity contribution in [2.75, 3.05) is 16.8 Å². The highest BCUT2D eigenvalue weighted by Gasteiger charge is 2.26. The molecule has 0 spiro atoms. The van der Waals surface area contributed by atoms with Gasteiger partial charge in [-0.2, -0.15) is 4.98 Å². The minimum absolute atomic E-state index is 0.202. The number of rotatable bonds is 8. The number of sulfonamides is 1. The van der Waals surface area contributed by atoms with Gasteiger partial charge in [0.05, 0.1) is 4.90 Å². The number of benzene rings is 2. The molecule has 0 saturated heterocycles. The van der Waals surface area contributed by atoms with Crippen LogP contribution in [-0.4, -0.2) is 31.0 Å². The van der Waals surface area contributed by atoms with Crippen LogP contribution in [0.15, 0.2) is 59.6 Å². The number of hydrogen-bond donors (Lipinski definition) is 2. The Labute approximate surface area is 200 Å². The quantitative estimate of drug-likeness (QED) is 0.460. The lowest BCUT2D eigenvalue weighted by Crippen LogP contribution is -2.34. The molecule has 2 N–H and O–H groups in total. The van der Waals surface area contributed by atoms with Crippen LogP contribution in [0.5, 0.6) is 0 Å². The highest BCUT2D eigenvalue weighted by molar-refractivity contribution is 7.89. The summed E-state index contributed by atoms with van der Waals surface area (Å²) < 4.78 is 41.3. The van der Waals surface area contributed by atoms with E-state index in [1.807, 2.05) is 6.07 Å². The molecule has 3 aromatic rings. The maximum atomic E-state index is 13.7. The van der Waals surface area contributed by atoms with Gasteiger partial charge >= 0.3 is 0 Å². The molecule has 1 unspecified atom stereocenters. The number of hydrogen-bond acceptors (Lipinski definition) is 6. The number of aromatic nitrogens is 2. The Bertz CT molecular complexity index is 1250. The monoisotopic (exact) mass is 483 g/mol. The highest BCUT2D eigenvalue weighted by Crippen LogP contribution is 2.36. The average molecular weight is 484 g/mol. The van der Waals surface area contributed by atoms with E-state index < -0.39 is 10.0 Å². The van der Waals surface area contributed by atoms with Crippen molar-refractivity contribution in [1.29, 1.82) is 0 Å². The third kappa shape index (κ3) is 5.53. The third-order valence-corrected chi connectivity index (χ3v) is 7.37. The molecule has 7 nitrogen and oxygen atoms in total. The normalized spacial score (nSPS) is 15.9. The number of nitrogens with zero attached hydrogens (tertiary/aromatic N) is 3. The Hall–Kier alpha value is -3.04. The second-order valence-electron chi connectivity index (χ2n) is 9.00. The molecule has 9 heteroatoms. The fraction of sp³-hybridized carbons (Fsp3) is 0.360. The van der Waals surface area contributed by atoms with Crippen LogP contribution in [-0.2, 0) is 16.4 Å². The second kappa shape index (κ2) is 10.1. The first kappa shape index (κ1) is 24.1. The average Bonchev–Trinajstić information content (AvgIpc) is 2.79. The van der Waals surface area contributed by atoms with Gasteiger partial charge in [-0.3, -0.25) is 0 Å². The highest BCUT2D eigenvalue weighted by atomic mass is 32.2. The van der Waals surface area contributed by atoms with E-state index in [0.717, 1.165) is 30.5 Å². The standard InChI is InChI=1S/C25H30FN5O2S/c1-17(2)12-15-28-34(32,33)22-9-7-21(8-10-22)29-25-27-14-13-24(30-25)31-18(3)4-5-19-16-20(26)6-11-23(19)31/h6-11,13-14,16-18,28H,4-5,12,15H2,1-3H3,(H,27,29,30). The predicted molar refractivity (Wildman–Crippen MR) is 133 cm³/mol. The van der Waals surface area contributed by atoms with Crippen LogP contribution in [0.4, 0.5) is 27.5 Å². The van der Waals surface area contributed by atoms with Gasteiger partial charge < -0.3 is 10.2 Å². The molecule has 0 aliphatic carbocycles. The van der Waals surface area contributed by atoms with Crippen molar-refractivity contribution in [2.45, 2.75) is 51.0 Å². The van der Waals surface area contributed by atoms with E-state index in [0.29, 0.717) is 29.9 Å². The molecule has 0 saturated carbocycles. The van der Waals surface area contributed by atoms with Crippen LogP contribution in [0.2, 0.25) is 0 Å². The van der Waals surface area contributed by atoms with Crippen LogP contribution in [0, 0.1) is 11.7 Å². The molecule has 0 fully saturated rings. The third-order valence-electron chi connectivity index (χ3n) is 5.90. The molecule has 1 aliphatic heterocycles. The Morgan fingerprint density at radius 1 is 1.15 bits per heavy atom. The second-order valence-corrected chi connectivity index (χ2v) is 10.8. The molecule has 4 rings (SSSR count). The summed E-state index contributed by atoms with van der Waals surface area (Å²) in [6.07, 6.45) is 4.17. The van der Waals surface area contributed by atoms with Gasteiger partial charge in [0, 0.05) is 30.2 Å². The van der Waals surface area contributed by atoms with Gasteiger partial charge in [-0.15, -0.1) is 0 Å². The first-order valence-corrected chi connectivity index (χ1v) is 13.0. The van der Waals surface area contributed by atoms with E-state index in [-0.39, 0.29) is 16.8 Å². The summed E-state index contributed by atoms with van der Waals surface area (Å²) in [7, 11) is -3.55. The van der Waals surface area contributed by atoms with Gasteiger partial charge in [0.2, 0.25) is 16.0 Å². The predicted octanol–water partition coefficient (Wildman–Crippen LogP) is 5.16. The zero-order chi connectivity index (χ0) is 24.3. The fourth-order valence-corrected chi connectivity index (χ4v) is 5.07. The van der Waals surface area contributed by atoms with Crippen LogP contribution in [0.25, 0.3) is 0 Å². The molecule has 0 amide bonds. The number of fused-ring (bicyclic) bond motifs is 1. The Balaban J connectivity index is 1.50. The van der Waals surface area contributed by atoms with Gasteiger partial charge in [0.15, 0.2) is 0 Å². The summed E-state index contributed by atoms with van der Waals surface area (Å²) in [6, 6.07) is 13.4. The van der Waals surface area contributed by atoms with Crippen LogP contribution >= 0.6 is 0 Å². The Morgan fingerprint density at radius 2 is 1.91 bits per heavy atom. The molecule has 180 valence electrons. The van der Waals surface area contributed by atoms with Crippen molar-refractivity contribution >= 4 is 33.2 Å². The Morgan fingerprint density at radius 3 is 2.65 bits per heavy atom. The minimum atomic E-state index is -3.55. The van der Waals surface area contributed by atoms with Crippen LogP contribution < -0.4 is 14.9 Å². The fourth-order valence-electron chi connectivity index (χ4n) is 4.02. The van der Waals surface area contributed by atoms with E-state index in [9.17, 15) is 12.8 Å². The molecule has 1 atom stereocenters. The maximum absolute atomic E-state index is 13.7. The number of anilines is 4. The molecular formula is C25H30FN5O2S. The van der Waals surface area contributed by atoms with E-state index in [1.165, 1.54) is 6.07 Å². The van der Waals surface area contributed by atoms with Gasteiger partial charge in [0.25, 0.3) is 0 Å².